The average molecular weight is 256 g/mol. The number of amides is 1. The van der Waals surface area contributed by atoms with Crippen LogP contribution in [0.3, 0.4) is 0 Å². The van der Waals surface area contributed by atoms with Gasteiger partial charge in [-0.05, 0) is 55.2 Å². The second-order valence-electron chi connectivity index (χ2n) is 6.36. The summed E-state index contributed by atoms with van der Waals surface area (Å²) in [4.78, 5) is 14.7. The van der Waals surface area contributed by atoms with Crippen molar-refractivity contribution in [3.05, 3.63) is 23.3 Å². The van der Waals surface area contributed by atoms with E-state index in [4.69, 9.17) is 5.73 Å². The van der Waals surface area contributed by atoms with Crippen molar-refractivity contribution < 1.29 is 4.79 Å². The van der Waals surface area contributed by atoms with Gasteiger partial charge in [0.15, 0.2) is 0 Å². The van der Waals surface area contributed by atoms with Crippen molar-refractivity contribution in [3.63, 3.8) is 0 Å². The first-order valence-corrected chi connectivity index (χ1v) is 7.37. The molecule has 1 aromatic rings. The van der Waals surface area contributed by atoms with Gasteiger partial charge in [0, 0.05) is 23.8 Å². The summed E-state index contributed by atoms with van der Waals surface area (Å²) in [6.07, 6.45) is 4.82. The summed E-state index contributed by atoms with van der Waals surface area (Å²) in [5.41, 5.74) is 10.3. The molecule has 0 aromatic heterocycles. The number of fused-ring (bicyclic) bond motifs is 2. The SMILES string of the molecule is Cc1cc2c(cc1N)N(C(=O)C1C3CCCC31)CC2. The lowest BCUT2D eigenvalue weighted by Crippen LogP contribution is -2.31. The predicted molar refractivity (Wildman–Crippen MR) is 76.0 cm³/mol. The van der Waals surface area contributed by atoms with Gasteiger partial charge in [0.2, 0.25) is 5.91 Å². The van der Waals surface area contributed by atoms with E-state index in [1.807, 2.05) is 17.9 Å². The summed E-state index contributed by atoms with van der Waals surface area (Å²) in [6, 6.07) is 4.14. The van der Waals surface area contributed by atoms with Gasteiger partial charge in [-0.15, -0.1) is 0 Å². The third kappa shape index (κ3) is 1.54. The van der Waals surface area contributed by atoms with Gasteiger partial charge in [-0.1, -0.05) is 12.5 Å². The van der Waals surface area contributed by atoms with E-state index >= 15 is 0 Å². The molecule has 2 N–H and O–H groups in total. The zero-order valence-electron chi connectivity index (χ0n) is 11.4. The molecule has 0 saturated heterocycles. The number of nitrogens with two attached hydrogens (primary N) is 1. The first kappa shape index (κ1) is 11.3. The van der Waals surface area contributed by atoms with Crippen LogP contribution in [-0.4, -0.2) is 12.5 Å². The molecule has 1 aliphatic heterocycles. The van der Waals surface area contributed by atoms with Gasteiger partial charge in [0.25, 0.3) is 0 Å². The van der Waals surface area contributed by atoms with Gasteiger partial charge in [-0.25, -0.2) is 0 Å². The van der Waals surface area contributed by atoms with Crippen LogP contribution in [0.25, 0.3) is 0 Å². The molecule has 0 bridgehead atoms. The second kappa shape index (κ2) is 3.75. The van der Waals surface area contributed by atoms with E-state index < -0.39 is 0 Å². The average Bonchev–Trinajstić information content (AvgIpc) is 2.77. The molecule has 1 aromatic carbocycles. The zero-order valence-corrected chi connectivity index (χ0v) is 11.4. The van der Waals surface area contributed by atoms with Gasteiger partial charge >= 0.3 is 0 Å². The highest BCUT2D eigenvalue weighted by molar-refractivity contribution is 5.99. The van der Waals surface area contributed by atoms with Crippen molar-refractivity contribution in [2.24, 2.45) is 17.8 Å². The molecule has 2 atom stereocenters. The third-order valence-electron chi connectivity index (χ3n) is 5.32. The van der Waals surface area contributed by atoms with E-state index in [1.54, 1.807) is 0 Å². The Hall–Kier alpha value is -1.51. The molecule has 1 heterocycles. The topological polar surface area (TPSA) is 46.3 Å². The number of hydrogen-bond acceptors (Lipinski definition) is 2. The maximum absolute atomic E-state index is 12.7. The lowest BCUT2D eigenvalue weighted by molar-refractivity contribution is -0.120. The zero-order chi connectivity index (χ0) is 13.1. The van der Waals surface area contributed by atoms with Crippen molar-refractivity contribution in [2.75, 3.05) is 17.2 Å². The van der Waals surface area contributed by atoms with Gasteiger partial charge in [-0.2, -0.15) is 0 Å². The van der Waals surface area contributed by atoms with Crippen molar-refractivity contribution in [1.82, 2.24) is 0 Å². The summed E-state index contributed by atoms with van der Waals surface area (Å²) in [6.45, 7) is 2.87. The van der Waals surface area contributed by atoms with Crippen LogP contribution < -0.4 is 10.6 Å². The van der Waals surface area contributed by atoms with Crippen molar-refractivity contribution in [1.29, 1.82) is 0 Å². The molecule has 100 valence electrons. The molecule has 2 saturated carbocycles. The first-order chi connectivity index (χ1) is 9.16. The molecular formula is C16H20N2O. The van der Waals surface area contributed by atoms with Gasteiger partial charge in [0.1, 0.15) is 0 Å². The monoisotopic (exact) mass is 256 g/mol. The number of rotatable bonds is 1. The normalized spacial score (nSPS) is 31.2. The quantitative estimate of drug-likeness (QED) is 0.785. The van der Waals surface area contributed by atoms with Crippen LogP contribution in [0.2, 0.25) is 0 Å². The highest BCUT2D eigenvalue weighted by atomic mass is 16.2. The smallest absolute Gasteiger partial charge is 0.230 e. The fourth-order valence-electron chi connectivity index (χ4n) is 4.17. The lowest BCUT2D eigenvalue weighted by atomic mass is 10.1. The maximum atomic E-state index is 12.7. The van der Waals surface area contributed by atoms with Crippen LogP contribution in [0, 0.1) is 24.7 Å². The minimum absolute atomic E-state index is 0.322. The number of benzene rings is 1. The number of anilines is 2. The molecule has 3 heteroatoms. The summed E-state index contributed by atoms with van der Waals surface area (Å²) in [7, 11) is 0. The van der Waals surface area contributed by atoms with Gasteiger partial charge in [0.05, 0.1) is 0 Å². The second-order valence-corrected chi connectivity index (χ2v) is 6.36. The van der Waals surface area contributed by atoms with Crippen molar-refractivity contribution in [2.45, 2.75) is 32.6 Å². The minimum Gasteiger partial charge on any atom is -0.398 e. The van der Waals surface area contributed by atoms with Crippen LogP contribution >= 0.6 is 0 Å². The van der Waals surface area contributed by atoms with E-state index in [9.17, 15) is 4.79 Å². The molecule has 19 heavy (non-hydrogen) atoms. The molecule has 3 aliphatic rings. The van der Waals surface area contributed by atoms with Gasteiger partial charge < -0.3 is 10.6 Å². The van der Waals surface area contributed by atoms with Crippen LogP contribution in [0.15, 0.2) is 12.1 Å². The van der Waals surface area contributed by atoms with Crippen LogP contribution in [-0.2, 0) is 11.2 Å². The summed E-state index contributed by atoms with van der Waals surface area (Å²) < 4.78 is 0. The van der Waals surface area contributed by atoms with Crippen LogP contribution in [0.5, 0.6) is 0 Å². The Morgan fingerprint density at radius 1 is 1.32 bits per heavy atom. The Morgan fingerprint density at radius 3 is 2.79 bits per heavy atom. The molecule has 3 nitrogen and oxygen atoms in total. The third-order valence-corrected chi connectivity index (χ3v) is 5.32. The predicted octanol–water partition coefficient (Wildman–Crippen LogP) is 2.51. The summed E-state index contributed by atoms with van der Waals surface area (Å²) in [5.74, 6) is 2.07. The molecule has 1 amide bonds. The fourth-order valence-corrected chi connectivity index (χ4v) is 4.17. The van der Waals surface area contributed by atoms with E-state index in [0.29, 0.717) is 23.7 Å². The Kier molecular flexibility index (Phi) is 2.23. The van der Waals surface area contributed by atoms with Crippen molar-refractivity contribution in [3.8, 4) is 0 Å². The van der Waals surface area contributed by atoms with Gasteiger partial charge in [-0.3, -0.25) is 4.79 Å². The fraction of sp³-hybridized carbons (Fsp3) is 0.562. The number of aryl methyl sites for hydroxylation is 1. The van der Waals surface area contributed by atoms with E-state index in [1.165, 1.54) is 24.8 Å². The Bertz CT molecular complexity index is 556. The number of nitrogen functional groups attached to an aromatic ring is 1. The molecule has 0 radical (unpaired) electrons. The Balaban J connectivity index is 1.62. The number of carbonyl (C=O) groups excluding carboxylic acids is 1. The van der Waals surface area contributed by atoms with E-state index in [0.717, 1.165) is 29.9 Å². The van der Waals surface area contributed by atoms with E-state index in [-0.39, 0.29) is 0 Å². The highest BCUT2D eigenvalue weighted by Crippen LogP contribution is 2.58. The minimum atomic E-state index is 0.322. The summed E-state index contributed by atoms with van der Waals surface area (Å²) >= 11 is 0. The number of nitrogens with zero attached hydrogens (tertiary/aromatic N) is 1. The van der Waals surface area contributed by atoms with E-state index in [2.05, 4.69) is 6.07 Å². The number of hydrogen-bond donors (Lipinski definition) is 1. The van der Waals surface area contributed by atoms with Crippen molar-refractivity contribution >= 4 is 17.3 Å². The molecule has 0 spiro atoms. The lowest BCUT2D eigenvalue weighted by Gasteiger charge is -2.19. The maximum Gasteiger partial charge on any atom is 0.230 e. The Morgan fingerprint density at radius 2 is 2.05 bits per heavy atom. The molecule has 2 unspecified atom stereocenters. The first-order valence-electron chi connectivity index (χ1n) is 7.37. The molecule has 2 aliphatic carbocycles. The largest absolute Gasteiger partial charge is 0.398 e. The summed E-state index contributed by atoms with van der Waals surface area (Å²) in [5, 5.41) is 0. The molecule has 2 fully saturated rings. The van der Waals surface area contributed by atoms with Crippen LogP contribution in [0.1, 0.15) is 30.4 Å². The highest BCUT2D eigenvalue weighted by Gasteiger charge is 2.57. The standard InChI is InChI=1S/C16H20N2O/c1-9-7-10-5-6-18(14(10)8-13(9)17)16(19)15-11-3-2-4-12(11)15/h7-8,11-12,15H,2-6,17H2,1H3. The van der Waals surface area contributed by atoms with Crippen LogP contribution in [0.4, 0.5) is 11.4 Å². The Labute approximate surface area is 113 Å². The number of carbonyl (C=O) groups is 1. The molecule has 4 rings (SSSR count). The molecular weight excluding hydrogens is 236 g/mol.